The first-order valence-corrected chi connectivity index (χ1v) is 5.06. The van der Waals surface area contributed by atoms with Gasteiger partial charge in [0.1, 0.15) is 11.6 Å². The third-order valence-electron chi connectivity index (χ3n) is 2.87. The second-order valence-electron chi connectivity index (χ2n) is 3.85. The summed E-state index contributed by atoms with van der Waals surface area (Å²) in [5.41, 5.74) is 0.424. The van der Waals surface area contributed by atoms with E-state index in [1.807, 2.05) is 7.05 Å². The summed E-state index contributed by atoms with van der Waals surface area (Å²) in [7, 11) is 1.87. The minimum Gasteiger partial charge on any atom is -0.316 e. The van der Waals surface area contributed by atoms with E-state index in [-0.39, 0.29) is 17.7 Å². The smallest absolute Gasteiger partial charge is 0.128 e. The first kappa shape index (κ1) is 10.5. The Balaban J connectivity index is 2.19. The van der Waals surface area contributed by atoms with Gasteiger partial charge >= 0.3 is 0 Å². The van der Waals surface area contributed by atoms with Crippen molar-refractivity contribution in [2.24, 2.45) is 0 Å². The Bertz CT molecular complexity index is 354. The van der Waals surface area contributed by atoms with Gasteiger partial charge in [0.05, 0.1) is 0 Å². The molecule has 1 aromatic carbocycles. The molecule has 4 heteroatoms. The summed E-state index contributed by atoms with van der Waals surface area (Å²) in [4.78, 5) is 0. The standard InChI is InChI=1S/C11H14F2N2/c1-14-8-5-11(15-6-8)9-4-7(12)2-3-10(9)13/h2-4,8,11,14-15H,5-6H2,1H3. The van der Waals surface area contributed by atoms with Crippen LogP contribution in [0.25, 0.3) is 0 Å². The lowest BCUT2D eigenvalue weighted by Crippen LogP contribution is -2.26. The van der Waals surface area contributed by atoms with Crippen LogP contribution in [-0.2, 0) is 0 Å². The lowest BCUT2D eigenvalue weighted by Gasteiger charge is -2.12. The lowest BCUT2D eigenvalue weighted by molar-refractivity contribution is 0.535. The highest BCUT2D eigenvalue weighted by Gasteiger charge is 2.26. The van der Waals surface area contributed by atoms with Crippen LogP contribution in [0.2, 0.25) is 0 Å². The molecule has 0 aliphatic carbocycles. The van der Waals surface area contributed by atoms with Gasteiger partial charge in [-0.25, -0.2) is 8.78 Å². The van der Waals surface area contributed by atoms with Crippen molar-refractivity contribution in [2.45, 2.75) is 18.5 Å². The monoisotopic (exact) mass is 212 g/mol. The second-order valence-corrected chi connectivity index (χ2v) is 3.85. The van der Waals surface area contributed by atoms with Crippen molar-refractivity contribution in [3.63, 3.8) is 0 Å². The zero-order chi connectivity index (χ0) is 10.8. The van der Waals surface area contributed by atoms with Gasteiger partial charge in [0, 0.05) is 24.2 Å². The van der Waals surface area contributed by atoms with Gasteiger partial charge in [0.2, 0.25) is 0 Å². The van der Waals surface area contributed by atoms with E-state index in [4.69, 9.17) is 0 Å². The molecule has 0 aromatic heterocycles. The highest BCUT2D eigenvalue weighted by atomic mass is 19.1. The quantitative estimate of drug-likeness (QED) is 0.778. The third kappa shape index (κ3) is 2.16. The van der Waals surface area contributed by atoms with Crippen molar-refractivity contribution in [2.75, 3.05) is 13.6 Å². The average molecular weight is 212 g/mol. The molecule has 0 spiro atoms. The summed E-state index contributed by atoms with van der Waals surface area (Å²) in [6.07, 6.45) is 0.789. The average Bonchev–Trinajstić information content (AvgIpc) is 2.70. The van der Waals surface area contributed by atoms with Gasteiger partial charge in [-0.1, -0.05) is 0 Å². The molecule has 82 valence electrons. The summed E-state index contributed by atoms with van der Waals surface area (Å²) in [6, 6.07) is 3.84. The van der Waals surface area contributed by atoms with Crippen LogP contribution in [0.15, 0.2) is 18.2 Å². The van der Waals surface area contributed by atoms with Crippen molar-refractivity contribution in [1.29, 1.82) is 0 Å². The second kappa shape index (κ2) is 4.24. The maximum absolute atomic E-state index is 13.4. The summed E-state index contributed by atoms with van der Waals surface area (Å²) in [5, 5.41) is 6.29. The van der Waals surface area contributed by atoms with Crippen molar-refractivity contribution in [1.82, 2.24) is 10.6 Å². The van der Waals surface area contributed by atoms with Gasteiger partial charge in [-0.3, -0.25) is 0 Å². The summed E-state index contributed by atoms with van der Waals surface area (Å²) < 4.78 is 26.4. The number of hydrogen-bond donors (Lipinski definition) is 2. The zero-order valence-corrected chi connectivity index (χ0v) is 8.56. The molecular formula is C11H14F2N2. The van der Waals surface area contributed by atoms with E-state index in [9.17, 15) is 8.78 Å². The van der Waals surface area contributed by atoms with Crippen LogP contribution in [0.4, 0.5) is 8.78 Å². The molecular weight excluding hydrogens is 198 g/mol. The first-order valence-electron chi connectivity index (χ1n) is 5.06. The fourth-order valence-corrected chi connectivity index (χ4v) is 1.97. The fourth-order valence-electron chi connectivity index (χ4n) is 1.97. The first-order chi connectivity index (χ1) is 7.20. The van der Waals surface area contributed by atoms with Gasteiger partial charge in [-0.15, -0.1) is 0 Å². The van der Waals surface area contributed by atoms with Gasteiger partial charge in [-0.2, -0.15) is 0 Å². The maximum atomic E-state index is 13.4. The molecule has 2 atom stereocenters. The van der Waals surface area contributed by atoms with Crippen molar-refractivity contribution < 1.29 is 8.78 Å². The molecule has 0 bridgehead atoms. The Kier molecular flexibility index (Phi) is 2.98. The van der Waals surface area contributed by atoms with E-state index >= 15 is 0 Å². The molecule has 2 unspecified atom stereocenters. The van der Waals surface area contributed by atoms with E-state index in [0.29, 0.717) is 11.6 Å². The predicted octanol–water partition coefficient (Wildman–Crippen LogP) is 1.59. The molecule has 1 aliphatic rings. The molecule has 0 radical (unpaired) electrons. The van der Waals surface area contributed by atoms with Crippen LogP contribution in [0.1, 0.15) is 18.0 Å². The molecule has 2 rings (SSSR count). The summed E-state index contributed by atoms with van der Waals surface area (Å²) in [5.74, 6) is -0.730. The molecule has 1 heterocycles. The Morgan fingerprint density at radius 2 is 2.20 bits per heavy atom. The molecule has 2 N–H and O–H groups in total. The summed E-state index contributed by atoms with van der Waals surface area (Å²) >= 11 is 0. The van der Waals surface area contributed by atoms with Crippen LogP contribution in [-0.4, -0.2) is 19.6 Å². The molecule has 2 nitrogen and oxygen atoms in total. The number of halogens is 2. The lowest BCUT2D eigenvalue weighted by atomic mass is 10.0. The molecule has 15 heavy (non-hydrogen) atoms. The minimum absolute atomic E-state index is 0.0850. The highest BCUT2D eigenvalue weighted by Crippen LogP contribution is 2.26. The Morgan fingerprint density at radius 1 is 1.40 bits per heavy atom. The van der Waals surface area contributed by atoms with E-state index < -0.39 is 0 Å². The van der Waals surface area contributed by atoms with Crippen LogP contribution in [0.5, 0.6) is 0 Å². The molecule has 0 saturated carbocycles. The van der Waals surface area contributed by atoms with Gasteiger partial charge in [-0.05, 0) is 31.7 Å². The number of hydrogen-bond acceptors (Lipinski definition) is 2. The number of rotatable bonds is 2. The van der Waals surface area contributed by atoms with Crippen LogP contribution < -0.4 is 10.6 Å². The SMILES string of the molecule is CNC1CNC(c2cc(F)ccc2F)C1. The summed E-state index contributed by atoms with van der Waals surface area (Å²) in [6.45, 7) is 0.789. The Labute approximate surface area is 87.7 Å². The topological polar surface area (TPSA) is 24.1 Å². The molecule has 1 fully saturated rings. The zero-order valence-electron chi connectivity index (χ0n) is 8.56. The molecule has 1 aliphatic heterocycles. The third-order valence-corrected chi connectivity index (χ3v) is 2.87. The van der Waals surface area contributed by atoms with E-state index in [1.165, 1.54) is 12.1 Å². The van der Waals surface area contributed by atoms with Gasteiger partial charge in [0.25, 0.3) is 0 Å². The van der Waals surface area contributed by atoms with Crippen LogP contribution >= 0.6 is 0 Å². The van der Waals surface area contributed by atoms with E-state index in [0.717, 1.165) is 19.0 Å². The van der Waals surface area contributed by atoms with Crippen molar-refractivity contribution >= 4 is 0 Å². The van der Waals surface area contributed by atoms with Gasteiger partial charge < -0.3 is 10.6 Å². The van der Waals surface area contributed by atoms with Crippen LogP contribution in [0.3, 0.4) is 0 Å². The normalized spacial score (nSPS) is 25.8. The minimum atomic E-state index is -0.388. The maximum Gasteiger partial charge on any atom is 0.128 e. The highest BCUT2D eigenvalue weighted by molar-refractivity contribution is 5.23. The van der Waals surface area contributed by atoms with E-state index in [1.54, 1.807) is 0 Å². The Morgan fingerprint density at radius 3 is 2.87 bits per heavy atom. The van der Waals surface area contributed by atoms with E-state index in [2.05, 4.69) is 10.6 Å². The predicted molar refractivity (Wildman–Crippen MR) is 54.6 cm³/mol. The Hall–Kier alpha value is -1.00. The number of likely N-dealkylation sites (N-methyl/N-ethyl adjacent to an activating group) is 1. The van der Waals surface area contributed by atoms with Crippen molar-refractivity contribution in [3.8, 4) is 0 Å². The number of benzene rings is 1. The molecule has 1 aromatic rings. The number of nitrogens with one attached hydrogen (secondary N) is 2. The fraction of sp³-hybridized carbons (Fsp3) is 0.455. The molecule has 0 amide bonds. The van der Waals surface area contributed by atoms with Crippen LogP contribution in [0, 0.1) is 11.6 Å². The largest absolute Gasteiger partial charge is 0.316 e. The van der Waals surface area contributed by atoms with Gasteiger partial charge in [0.15, 0.2) is 0 Å². The molecule has 1 saturated heterocycles. The van der Waals surface area contributed by atoms with Crippen molar-refractivity contribution in [3.05, 3.63) is 35.4 Å².